The second-order valence-electron chi connectivity index (χ2n) is 8.26. The second-order valence-corrected chi connectivity index (χ2v) is 9.44. The summed E-state index contributed by atoms with van der Waals surface area (Å²) in [6.45, 7) is 4.13. The van der Waals surface area contributed by atoms with E-state index in [4.69, 9.17) is 37.2 Å². The van der Waals surface area contributed by atoms with Crippen LogP contribution in [0, 0.1) is 12.8 Å². The molecule has 5 rings (SSSR count). The number of Topliss-reactive ketones (excluding diaryl/α,β-unsaturated/α-hetero) is 1. The molecule has 1 amide bonds. The Morgan fingerprint density at radius 1 is 1.22 bits per heavy atom. The topological polar surface area (TPSA) is 81.9 Å². The maximum Gasteiger partial charge on any atom is 0.295 e. The average Bonchev–Trinajstić information content (AvgIpc) is 3.30. The molecule has 1 fully saturated rings. The Morgan fingerprint density at radius 3 is 2.75 bits per heavy atom. The smallest absolute Gasteiger partial charge is 0.295 e. The molecular formula is C23H22Cl2N2O5. The fourth-order valence-electron chi connectivity index (χ4n) is 4.80. The summed E-state index contributed by atoms with van der Waals surface area (Å²) >= 11 is 12.9. The predicted octanol–water partition coefficient (Wildman–Crippen LogP) is 4.32. The largest absolute Gasteiger partial charge is 0.494 e. The van der Waals surface area contributed by atoms with Crippen molar-refractivity contribution in [2.75, 3.05) is 11.5 Å². The van der Waals surface area contributed by atoms with E-state index in [0.717, 1.165) is 0 Å². The van der Waals surface area contributed by atoms with Crippen LogP contribution in [0.2, 0.25) is 0 Å². The lowest BCUT2D eigenvalue weighted by atomic mass is 9.77. The summed E-state index contributed by atoms with van der Waals surface area (Å²) in [5, 5.41) is 3.37. The normalized spacial score (nSPS) is 29.6. The average molecular weight is 477 g/mol. The lowest BCUT2D eigenvalue weighted by Crippen LogP contribution is -2.47. The van der Waals surface area contributed by atoms with Gasteiger partial charge in [0.05, 0.1) is 29.5 Å². The monoisotopic (exact) mass is 476 g/mol. The van der Waals surface area contributed by atoms with E-state index in [1.54, 1.807) is 13.0 Å². The summed E-state index contributed by atoms with van der Waals surface area (Å²) in [7, 11) is 0. The number of aromatic nitrogens is 1. The summed E-state index contributed by atoms with van der Waals surface area (Å²) in [6.07, 6.45) is 0.380. The molecule has 7 nitrogen and oxygen atoms in total. The minimum Gasteiger partial charge on any atom is -0.494 e. The van der Waals surface area contributed by atoms with Crippen LogP contribution in [-0.4, -0.2) is 40.3 Å². The van der Waals surface area contributed by atoms with Gasteiger partial charge in [0.15, 0.2) is 17.4 Å². The molecule has 2 aliphatic heterocycles. The maximum absolute atomic E-state index is 13.7. The van der Waals surface area contributed by atoms with Crippen LogP contribution in [0.3, 0.4) is 0 Å². The third-order valence-electron chi connectivity index (χ3n) is 6.14. The van der Waals surface area contributed by atoms with Crippen LogP contribution in [0.5, 0.6) is 5.75 Å². The number of ether oxygens (including phenoxy) is 2. The van der Waals surface area contributed by atoms with Crippen molar-refractivity contribution < 1.29 is 23.6 Å². The van der Waals surface area contributed by atoms with Gasteiger partial charge >= 0.3 is 0 Å². The first-order valence-electron chi connectivity index (χ1n) is 10.6. The third-order valence-corrected chi connectivity index (χ3v) is 6.92. The lowest BCUT2D eigenvalue weighted by Gasteiger charge is -2.39. The van der Waals surface area contributed by atoms with Gasteiger partial charge in [-0.25, -0.2) is 0 Å². The summed E-state index contributed by atoms with van der Waals surface area (Å²) < 4.78 is 17.0. The number of anilines is 1. The first-order chi connectivity index (χ1) is 15.4. The molecule has 0 bridgehead atoms. The van der Waals surface area contributed by atoms with Crippen LogP contribution in [0.1, 0.15) is 37.1 Å². The van der Waals surface area contributed by atoms with Crippen molar-refractivity contribution in [1.82, 2.24) is 5.16 Å². The predicted molar refractivity (Wildman–Crippen MR) is 118 cm³/mol. The Labute approximate surface area is 195 Å². The number of carbonyl (C=O) groups excluding carboxylic acids is 2. The molecule has 0 spiro atoms. The van der Waals surface area contributed by atoms with Gasteiger partial charge in [-0.1, -0.05) is 17.3 Å². The zero-order valence-corrected chi connectivity index (χ0v) is 19.1. The van der Waals surface area contributed by atoms with Crippen molar-refractivity contribution >= 4 is 40.7 Å². The Balaban J connectivity index is 1.64. The SMILES string of the molecule is CCOc1cccc(C2C3=C(OC4C(Cl)CC(Cl)CC4C3=O)C(=O)N2c2cc(C)on2)c1. The van der Waals surface area contributed by atoms with Crippen LogP contribution in [0.4, 0.5) is 5.82 Å². The zero-order chi connectivity index (χ0) is 22.6. The van der Waals surface area contributed by atoms with Gasteiger partial charge in [-0.2, -0.15) is 0 Å². The maximum atomic E-state index is 13.7. The van der Waals surface area contributed by atoms with Gasteiger partial charge < -0.3 is 14.0 Å². The first-order valence-corrected chi connectivity index (χ1v) is 11.5. The van der Waals surface area contributed by atoms with Gasteiger partial charge in [0, 0.05) is 11.4 Å². The van der Waals surface area contributed by atoms with Crippen LogP contribution >= 0.6 is 23.2 Å². The quantitative estimate of drug-likeness (QED) is 0.611. The number of halogens is 2. The second kappa shape index (κ2) is 8.12. The summed E-state index contributed by atoms with van der Waals surface area (Å²) in [5.74, 6) is 0.430. The molecule has 3 aliphatic rings. The highest BCUT2D eigenvalue weighted by Gasteiger charge is 2.55. The number of fused-ring (bicyclic) bond motifs is 1. The molecule has 5 unspecified atom stereocenters. The number of ketones is 1. The Morgan fingerprint density at radius 2 is 2.03 bits per heavy atom. The van der Waals surface area contributed by atoms with E-state index in [2.05, 4.69) is 5.16 Å². The number of alkyl halides is 2. The highest BCUT2D eigenvalue weighted by molar-refractivity contribution is 6.25. The summed E-state index contributed by atoms with van der Waals surface area (Å²) in [4.78, 5) is 28.7. The van der Waals surface area contributed by atoms with Crippen molar-refractivity contribution in [3.05, 3.63) is 53.0 Å². The fourth-order valence-corrected chi connectivity index (χ4v) is 5.72. The molecule has 0 saturated heterocycles. The van der Waals surface area contributed by atoms with E-state index in [1.165, 1.54) is 4.90 Å². The van der Waals surface area contributed by atoms with Gasteiger partial charge in [0.25, 0.3) is 5.91 Å². The van der Waals surface area contributed by atoms with Crippen LogP contribution < -0.4 is 9.64 Å². The molecule has 5 atom stereocenters. The number of amides is 1. The standard InChI is InChI=1S/C23H22Cl2N2O5/c1-3-30-14-6-4-5-12(8-14)19-18-20(28)15-9-13(24)10-16(25)21(15)31-22(18)23(29)27(19)17-7-11(2)32-26-17/h4-8,13,15-16,19,21H,3,9-10H2,1-2H3. The molecule has 32 heavy (non-hydrogen) atoms. The van der Waals surface area contributed by atoms with Gasteiger partial charge in [0.1, 0.15) is 17.6 Å². The molecule has 1 aromatic heterocycles. The number of hydrogen-bond acceptors (Lipinski definition) is 6. The molecule has 9 heteroatoms. The molecule has 1 saturated carbocycles. The van der Waals surface area contributed by atoms with Crippen LogP contribution in [-0.2, 0) is 14.3 Å². The molecule has 3 heterocycles. The zero-order valence-electron chi connectivity index (χ0n) is 17.6. The number of benzene rings is 1. The van der Waals surface area contributed by atoms with Crippen LogP contribution in [0.15, 0.2) is 46.2 Å². The highest BCUT2D eigenvalue weighted by atomic mass is 35.5. The van der Waals surface area contributed by atoms with Gasteiger partial charge in [-0.05, 0) is 44.4 Å². The minimum absolute atomic E-state index is 0.0300. The van der Waals surface area contributed by atoms with Crippen molar-refractivity contribution in [3.63, 3.8) is 0 Å². The Kier molecular flexibility index (Phi) is 5.42. The lowest BCUT2D eigenvalue weighted by molar-refractivity contribution is -0.131. The van der Waals surface area contributed by atoms with Crippen LogP contribution in [0.25, 0.3) is 0 Å². The van der Waals surface area contributed by atoms with E-state index in [1.807, 2.05) is 31.2 Å². The molecule has 1 aliphatic carbocycles. The Hall–Kier alpha value is -2.51. The van der Waals surface area contributed by atoms with Gasteiger partial charge in [-0.15, -0.1) is 23.2 Å². The minimum atomic E-state index is -0.722. The van der Waals surface area contributed by atoms with Gasteiger partial charge in [0.2, 0.25) is 0 Å². The number of rotatable bonds is 4. The van der Waals surface area contributed by atoms with E-state index in [-0.39, 0.29) is 16.9 Å². The molecule has 0 N–H and O–H groups in total. The van der Waals surface area contributed by atoms with E-state index >= 15 is 0 Å². The summed E-state index contributed by atoms with van der Waals surface area (Å²) in [5.41, 5.74) is 1.02. The van der Waals surface area contributed by atoms with E-state index < -0.39 is 29.3 Å². The molecule has 2 aromatic rings. The highest BCUT2D eigenvalue weighted by Crippen LogP contribution is 2.49. The number of aryl methyl sites for hydroxylation is 1. The van der Waals surface area contributed by atoms with Crippen molar-refractivity contribution in [2.45, 2.75) is 49.6 Å². The van der Waals surface area contributed by atoms with Crippen molar-refractivity contribution in [1.29, 1.82) is 0 Å². The number of carbonyl (C=O) groups is 2. The molecule has 1 aromatic carbocycles. The molecule has 0 radical (unpaired) electrons. The molecular weight excluding hydrogens is 455 g/mol. The number of nitrogens with zero attached hydrogens (tertiary/aromatic N) is 2. The molecule has 168 valence electrons. The van der Waals surface area contributed by atoms with Crippen molar-refractivity contribution in [3.8, 4) is 5.75 Å². The number of hydrogen-bond donors (Lipinski definition) is 0. The third kappa shape index (κ3) is 3.39. The fraction of sp³-hybridized carbons (Fsp3) is 0.435. The summed E-state index contributed by atoms with van der Waals surface area (Å²) in [6, 6.07) is 8.28. The Bertz CT molecular complexity index is 1110. The van der Waals surface area contributed by atoms with Crippen molar-refractivity contribution in [2.24, 2.45) is 5.92 Å². The van der Waals surface area contributed by atoms with E-state index in [0.29, 0.717) is 47.9 Å². The van der Waals surface area contributed by atoms with E-state index in [9.17, 15) is 9.59 Å². The van der Waals surface area contributed by atoms with Gasteiger partial charge in [-0.3, -0.25) is 14.5 Å². The first kappa shape index (κ1) is 21.3.